The Morgan fingerprint density at radius 1 is 1.22 bits per heavy atom. The van der Waals surface area contributed by atoms with Crippen molar-refractivity contribution in [1.29, 1.82) is 0 Å². The molecule has 0 aliphatic heterocycles. The fourth-order valence-corrected chi connectivity index (χ4v) is 2.39. The van der Waals surface area contributed by atoms with Crippen LogP contribution in [-0.2, 0) is 25.8 Å². The maximum Gasteiger partial charge on any atom is 0.191 e. The SMILES string of the molecule is CCc1noc(CC)c1CNC(=NC)NCCc1ccccn1. The Bertz CT molecular complexity index is 600. The smallest absolute Gasteiger partial charge is 0.191 e. The number of hydrogen-bond acceptors (Lipinski definition) is 4. The summed E-state index contributed by atoms with van der Waals surface area (Å²) in [6.07, 6.45) is 4.38. The van der Waals surface area contributed by atoms with Crippen LogP contribution in [0.3, 0.4) is 0 Å². The summed E-state index contributed by atoms with van der Waals surface area (Å²) < 4.78 is 5.38. The van der Waals surface area contributed by atoms with Crippen LogP contribution in [0.5, 0.6) is 0 Å². The standard InChI is InChI=1S/C17H25N5O/c1-4-15-14(16(5-2)23-22-15)12-21-17(18-3)20-11-9-13-8-6-7-10-19-13/h6-8,10H,4-5,9,11-12H2,1-3H3,(H2,18,20,21). The molecule has 0 aliphatic carbocycles. The van der Waals surface area contributed by atoms with Crippen molar-refractivity contribution in [3.8, 4) is 0 Å². The van der Waals surface area contributed by atoms with E-state index in [2.05, 4.69) is 39.6 Å². The molecule has 0 aromatic carbocycles. The Balaban J connectivity index is 1.85. The zero-order valence-corrected chi connectivity index (χ0v) is 14.1. The van der Waals surface area contributed by atoms with Gasteiger partial charge in [0.25, 0.3) is 0 Å². The van der Waals surface area contributed by atoms with E-state index in [9.17, 15) is 0 Å². The summed E-state index contributed by atoms with van der Waals surface area (Å²) in [4.78, 5) is 8.57. The highest BCUT2D eigenvalue weighted by Crippen LogP contribution is 2.15. The fourth-order valence-electron chi connectivity index (χ4n) is 2.39. The second kappa shape index (κ2) is 8.92. The Kier molecular flexibility index (Phi) is 6.59. The molecular formula is C17H25N5O. The molecule has 0 aliphatic rings. The molecule has 2 aromatic heterocycles. The van der Waals surface area contributed by atoms with E-state index in [4.69, 9.17) is 4.52 Å². The van der Waals surface area contributed by atoms with Crippen LogP contribution in [0, 0.1) is 0 Å². The van der Waals surface area contributed by atoms with E-state index < -0.39 is 0 Å². The molecule has 6 heteroatoms. The van der Waals surface area contributed by atoms with Crippen LogP contribution in [0.2, 0.25) is 0 Å². The van der Waals surface area contributed by atoms with E-state index >= 15 is 0 Å². The molecule has 0 saturated heterocycles. The second-order valence-electron chi connectivity index (χ2n) is 5.16. The Morgan fingerprint density at radius 2 is 2.09 bits per heavy atom. The van der Waals surface area contributed by atoms with E-state index in [1.165, 1.54) is 0 Å². The lowest BCUT2D eigenvalue weighted by molar-refractivity contribution is 0.380. The van der Waals surface area contributed by atoms with Crippen molar-refractivity contribution in [3.63, 3.8) is 0 Å². The van der Waals surface area contributed by atoms with E-state index in [1.54, 1.807) is 7.05 Å². The largest absolute Gasteiger partial charge is 0.361 e. The average Bonchev–Trinajstić information content (AvgIpc) is 3.00. The molecule has 0 bridgehead atoms. The van der Waals surface area contributed by atoms with Crippen molar-refractivity contribution in [2.45, 2.75) is 39.7 Å². The van der Waals surface area contributed by atoms with Gasteiger partial charge < -0.3 is 15.2 Å². The molecule has 124 valence electrons. The molecule has 0 fully saturated rings. The monoisotopic (exact) mass is 315 g/mol. The Labute approximate surface area is 137 Å². The molecule has 2 N–H and O–H groups in total. The normalized spacial score (nSPS) is 11.5. The van der Waals surface area contributed by atoms with Crippen molar-refractivity contribution in [3.05, 3.63) is 47.1 Å². The third kappa shape index (κ3) is 4.81. The van der Waals surface area contributed by atoms with Crippen molar-refractivity contribution in [2.75, 3.05) is 13.6 Å². The maximum atomic E-state index is 5.38. The van der Waals surface area contributed by atoms with Crippen LogP contribution >= 0.6 is 0 Å². The van der Waals surface area contributed by atoms with Crippen molar-refractivity contribution in [1.82, 2.24) is 20.8 Å². The molecule has 2 heterocycles. The zero-order chi connectivity index (χ0) is 16.5. The van der Waals surface area contributed by atoms with Gasteiger partial charge in [-0.3, -0.25) is 9.98 Å². The highest BCUT2D eigenvalue weighted by atomic mass is 16.5. The van der Waals surface area contributed by atoms with Crippen LogP contribution in [0.25, 0.3) is 0 Å². The molecule has 0 radical (unpaired) electrons. The molecule has 0 amide bonds. The highest BCUT2D eigenvalue weighted by molar-refractivity contribution is 5.79. The number of hydrogen-bond donors (Lipinski definition) is 2. The van der Waals surface area contributed by atoms with Crippen LogP contribution in [0.4, 0.5) is 0 Å². The third-order valence-corrected chi connectivity index (χ3v) is 3.66. The molecule has 0 atom stereocenters. The van der Waals surface area contributed by atoms with E-state index in [1.807, 2.05) is 24.4 Å². The molecule has 0 saturated carbocycles. The van der Waals surface area contributed by atoms with Gasteiger partial charge in [0.05, 0.1) is 5.69 Å². The molecule has 0 unspecified atom stereocenters. The minimum atomic E-state index is 0.666. The summed E-state index contributed by atoms with van der Waals surface area (Å²) in [5.74, 6) is 1.71. The quantitative estimate of drug-likeness (QED) is 0.604. The van der Waals surface area contributed by atoms with Gasteiger partial charge >= 0.3 is 0 Å². The average molecular weight is 315 g/mol. The number of aryl methyl sites for hydroxylation is 2. The van der Waals surface area contributed by atoms with E-state index in [0.29, 0.717) is 6.54 Å². The van der Waals surface area contributed by atoms with Gasteiger partial charge in [-0.1, -0.05) is 25.1 Å². The number of nitrogens with zero attached hydrogens (tertiary/aromatic N) is 3. The van der Waals surface area contributed by atoms with Gasteiger partial charge in [0.1, 0.15) is 5.76 Å². The molecule has 0 spiro atoms. The Hall–Kier alpha value is -2.37. The predicted molar refractivity (Wildman–Crippen MR) is 91.4 cm³/mol. The van der Waals surface area contributed by atoms with Crippen molar-refractivity contribution < 1.29 is 4.52 Å². The van der Waals surface area contributed by atoms with Gasteiger partial charge in [0.15, 0.2) is 5.96 Å². The molecule has 2 rings (SSSR count). The summed E-state index contributed by atoms with van der Waals surface area (Å²) in [7, 11) is 1.77. The number of nitrogens with one attached hydrogen (secondary N) is 2. The lowest BCUT2D eigenvalue weighted by atomic mass is 10.1. The lowest BCUT2D eigenvalue weighted by Gasteiger charge is -2.12. The van der Waals surface area contributed by atoms with Crippen LogP contribution in [0.1, 0.15) is 36.6 Å². The van der Waals surface area contributed by atoms with Gasteiger partial charge in [0.2, 0.25) is 0 Å². The van der Waals surface area contributed by atoms with E-state index in [0.717, 1.165) is 54.5 Å². The van der Waals surface area contributed by atoms with E-state index in [-0.39, 0.29) is 0 Å². The predicted octanol–water partition coefficient (Wildman–Crippen LogP) is 2.10. The minimum Gasteiger partial charge on any atom is -0.361 e. The van der Waals surface area contributed by atoms with Gasteiger partial charge in [-0.05, 0) is 18.6 Å². The van der Waals surface area contributed by atoms with Crippen LogP contribution in [0.15, 0.2) is 33.9 Å². The second-order valence-corrected chi connectivity index (χ2v) is 5.16. The number of guanidine groups is 1. The summed E-state index contributed by atoms with van der Waals surface area (Å²) in [5, 5.41) is 10.8. The fraction of sp³-hybridized carbons (Fsp3) is 0.471. The van der Waals surface area contributed by atoms with Crippen molar-refractivity contribution in [2.24, 2.45) is 4.99 Å². The molecule has 2 aromatic rings. The van der Waals surface area contributed by atoms with Gasteiger partial charge in [-0.25, -0.2) is 0 Å². The molecule has 6 nitrogen and oxygen atoms in total. The first-order valence-electron chi connectivity index (χ1n) is 8.09. The third-order valence-electron chi connectivity index (χ3n) is 3.66. The van der Waals surface area contributed by atoms with Gasteiger partial charge in [-0.2, -0.15) is 0 Å². The summed E-state index contributed by atoms with van der Waals surface area (Å²) in [5.41, 5.74) is 3.22. The topological polar surface area (TPSA) is 75.3 Å². The van der Waals surface area contributed by atoms with Crippen LogP contribution in [-0.4, -0.2) is 29.7 Å². The first-order valence-corrected chi connectivity index (χ1v) is 8.09. The van der Waals surface area contributed by atoms with Gasteiger partial charge in [0, 0.05) is 50.4 Å². The minimum absolute atomic E-state index is 0.666. The first-order chi connectivity index (χ1) is 11.3. The van der Waals surface area contributed by atoms with Crippen LogP contribution < -0.4 is 10.6 Å². The van der Waals surface area contributed by atoms with Gasteiger partial charge in [-0.15, -0.1) is 0 Å². The lowest BCUT2D eigenvalue weighted by Crippen LogP contribution is -2.38. The summed E-state index contributed by atoms with van der Waals surface area (Å²) in [6.45, 7) is 5.60. The number of aromatic nitrogens is 2. The number of pyridine rings is 1. The zero-order valence-electron chi connectivity index (χ0n) is 14.1. The maximum absolute atomic E-state index is 5.38. The van der Waals surface area contributed by atoms with Crippen molar-refractivity contribution >= 4 is 5.96 Å². The molecular weight excluding hydrogens is 290 g/mol. The summed E-state index contributed by atoms with van der Waals surface area (Å²) >= 11 is 0. The first kappa shape index (κ1) is 17.0. The summed E-state index contributed by atoms with van der Waals surface area (Å²) in [6, 6.07) is 5.95. The number of rotatable bonds is 7. The molecule has 23 heavy (non-hydrogen) atoms. The number of aliphatic imine (C=N–C) groups is 1. The highest BCUT2D eigenvalue weighted by Gasteiger charge is 2.13. The Morgan fingerprint density at radius 3 is 2.74 bits per heavy atom.